The smallest absolute Gasteiger partial charge is 0.358 e. The zero-order valence-electron chi connectivity index (χ0n) is 14.3. The highest BCUT2D eigenvalue weighted by atomic mass is 79.9. The summed E-state index contributed by atoms with van der Waals surface area (Å²) in [5.74, 6) is -1.15. The minimum Gasteiger partial charge on any atom is -0.488 e. The number of aliphatic carboxylic acids is 1. The Morgan fingerprint density at radius 2 is 2.00 bits per heavy atom. The van der Waals surface area contributed by atoms with E-state index in [1.165, 1.54) is 18.2 Å². The zero-order chi connectivity index (χ0) is 19.8. The molecule has 142 valence electrons. The average Bonchev–Trinajstić information content (AvgIpc) is 2.61. The van der Waals surface area contributed by atoms with Crippen LogP contribution in [0.15, 0.2) is 51.0 Å². The molecule has 0 aliphatic heterocycles. The van der Waals surface area contributed by atoms with E-state index in [2.05, 4.69) is 37.0 Å². The Hall–Kier alpha value is -2.19. The van der Waals surface area contributed by atoms with Gasteiger partial charge in [0.1, 0.15) is 24.8 Å². The third kappa shape index (κ3) is 6.18. The fourth-order valence-electron chi connectivity index (χ4n) is 2.25. The van der Waals surface area contributed by atoms with Crippen LogP contribution in [0, 0.1) is 5.82 Å². The summed E-state index contributed by atoms with van der Waals surface area (Å²) in [4.78, 5) is 16.4. The lowest BCUT2D eigenvalue weighted by molar-refractivity contribution is -0.129. The minimum absolute atomic E-state index is 0.0704. The van der Waals surface area contributed by atoms with Gasteiger partial charge in [-0.25, -0.2) is 9.18 Å². The van der Waals surface area contributed by atoms with Gasteiger partial charge in [0.25, 0.3) is 0 Å². The molecule has 2 aromatic carbocycles. The van der Waals surface area contributed by atoms with Gasteiger partial charge in [0.15, 0.2) is 5.71 Å². The fourth-order valence-corrected chi connectivity index (χ4v) is 2.74. The number of hydrogen-bond donors (Lipinski definition) is 1. The van der Waals surface area contributed by atoms with Crippen LogP contribution in [0.5, 0.6) is 5.75 Å². The molecule has 0 saturated heterocycles. The third-order valence-corrected chi connectivity index (χ3v) is 3.84. The first-order valence-corrected chi connectivity index (χ1v) is 9.47. The van der Waals surface area contributed by atoms with Crippen molar-refractivity contribution in [3.8, 4) is 5.75 Å². The minimum atomic E-state index is -1.20. The van der Waals surface area contributed by atoms with Gasteiger partial charge in [0.2, 0.25) is 0 Å². The monoisotopic (exact) mass is 499 g/mol. The Bertz CT molecular complexity index is 880. The lowest BCUT2D eigenvalue weighted by atomic mass is 10.0. The summed E-state index contributed by atoms with van der Waals surface area (Å²) in [5, 5.41) is 13.1. The summed E-state index contributed by atoms with van der Waals surface area (Å²) in [7, 11) is 0. The maximum atomic E-state index is 13.5. The molecule has 5 nitrogen and oxygen atoms in total. The maximum absolute atomic E-state index is 13.5. The molecule has 2 aromatic rings. The van der Waals surface area contributed by atoms with Crippen molar-refractivity contribution in [3.63, 3.8) is 0 Å². The van der Waals surface area contributed by atoms with Crippen molar-refractivity contribution < 1.29 is 23.9 Å². The van der Waals surface area contributed by atoms with E-state index in [9.17, 15) is 14.3 Å². The van der Waals surface area contributed by atoms with E-state index in [0.717, 1.165) is 0 Å². The lowest BCUT2D eigenvalue weighted by Crippen LogP contribution is -2.18. The van der Waals surface area contributed by atoms with Gasteiger partial charge < -0.3 is 14.7 Å². The standard InChI is InChI=1S/C19H16Br2FNO4/c1-2-27-23-18(19(24)25)15-6-4-3-5-12(15)11-26-16-8-7-14(22)9-13(16)10-17(20)21/h3-10H,2,11H2,1H3,(H,24,25)/b23-18+. The van der Waals surface area contributed by atoms with Gasteiger partial charge in [0, 0.05) is 11.1 Å². The van der Waals surface area contributed by atoms with Gasteiger partial charge >= 0.3 is 5.97 Å². The number of oxime groups is 1. The molecule has 0 bridgehead atoms. The Morgan fingerprint density at radius 1 is 1.26 bits per heavy atom. The summed E-state index contributed by atoms with van der Waals surface area (Å²) in [6, 6.07) is 11.0. The van der Waals surface area contributed by atoms with E-state index >= 15 is 0 Å². The lowest BCUT2D eigenvalue weighted by Gasteiger charge is -2.13. The van der Waals surface area contributed by atoms with Crippen molar-refractivity contribution in [3.05, 3.63) is 68.4 Å². The highest BCUT2D eigenvalue weighted by Crippen LogP contribution is 2.27. The first-order valence-electron chi connectivity index (χ1n) is 7.89. The normalized spacial score (nSPS) is 11.0. The number of carboxylic acids is 1. The maximum Gasteiger partial charge on any atom is 0.358 e. The number of carbonyl (C=O) groups is 1. The number of halogens is 3. The highest BCUT2D eigenvalue weighted by molar-refractivity contribution is 9.28. The van der Waals surface area contributed by atoms with Crippen molar-refractivity contribution >= 4 is 49.6 Å². The van der Waals surface area contributed by atoms with E-state index in [1.54, 1.807) is 37.3 Å². The zero-order valence-corrected chi connectivity index (χ0v) is 17.5. The van der Waals surface area contributed by atoms with Gasteiger partial charge in [-0.15, -0.1) is 0 Å². The molecule has 0 atom stereocenters. The molecule has 0 heterocycles. The highest BCUT2D eigenvalue weighted by Gasteiger charge is 2.18. The second kappa shape index (κ2) is 10.2. The molecule has 0 spiro atoms. The van der Waals surface area contributed by atoms with Crippen LogP contribution in [0.1, 0.15) is 23.6 Å². The second-order valence-electron chi connectivity index (χ2n) is 5.22. The van der Waals surface area contributed by atoms with E-state index in [-0.39, 0.29) is 18.9 Å². The number of carboxylic acid groups (broad SMARTS) is 1. The fraction of sp³-hybridized carbons (Fsp3) is 0.158. The van der Waals surface area contributed by atoms with E-state index < -0.39 is 11.8 Å². The first kappa shape index (κ1) is 21.1. The molecular formula is C19H16Br2FNO4. The molecular weight excluding hydrogens is 485 g/mol. The molecule has 1 N–H and O–H groups in total. The van der Waals surface area contributed by atoms with Gasteiger partial charge in [0.05, 0.1) is 3.39 Å². The Balaban J connectivity index is 2.33. The Labute approximate surface area is 172 Å². The van der Waals surface area contributed by atoms with Crippen molar-refractivity contribution in [2.24, 2.45) is 5.16 Å². The largest absolute Gasteiger partial charge is 0.488 e. The summed E-state index contributed by atoms with van der Waals surface area (Å²) in [6.45, 7) is 2.03. The SMILES string of the molecule is CCO/N=C(/C(=O)O)c1ccccc1COc1ccc(F)cc1C=C(Br)Br. The molecule has 0 saturated carbocycles. The van der Waals surface area contributed by atoms with E-state index in [1.807, 2.05) is 0 Å². The van der Waals surface area contributed by atoms with Gasteiger partial charge in [-0.2, -0.15) is 0 Å². The molecule has 0 fully saturated rings. The van der Waals surface area contributed by atoms with Crippen LogP contribution in [-0.4, -0.2) is 23.4 Å². The predicted octanol–water partition coefficient (Wildman–Crippen LogP) is 5.32. The van der Waals surface area contributed by atoms with Crippen LogP contribution < -0.4 is 4.74 Å². The number of benzene rings is 2. The van der Waals surface area contributed by atoms with Crippen LogP contribution in [0.3, 0.4) is 0 Å². The topological polar surface area (TPSA) is 68.1 Å². The Morgan fingerprint density at radius 3 is 2.67 bits per heavy atom. The summed E-state index contributed by atoms with van der Waals surface area (Å²) in [5.41, 5.74) is 1.31. The van der Waals surface area contributed by atoms with Gasteiger partial charge in [-0.1, -0.05) is 29.4 Å². The molecule has 0 aliphatic carbocycles. The molecule has 2 rings (SSSR count). The summed E-state index contributed by atoms with van der Waals surface area (Å²) >= 11 is 6.48. The second-order valence-corrected chi connectivity index (χ2v) is 8.00. The van der Waals surface area contributed by atoms with E-state index in [4.69, 9.17) is 9.57 Å². The van der Waals surface area contributed by atoms with Crippen molar-refractivity contribution in [2.75, 3.05) is 6.61 Å². The first-order chi connectivity index (χ1) is 12.9. The number of hydrogen-bond acceptors (Lipinski definition) is 4. The van der Waals surface area contributed by atoms with Crippen LogP contribution in [0.25, 0.3) is 6.08 Å². The van der Waals surface area contributed by atoms with Crippen molar-refractivity contribution in [2.45, 2.75) is 13.5 Å². The quantitative estimate of drug-likeness (QED) is 0.393. The van der Waals surface area contributed by atoms with Crippen LogP contribution >= 0.6 is 31.9 Å². The summed E-state index contributed by atoms with van der Waals surface area (Å²) < 4.78 is 20.0. The average molecular weight is 501 g/mol. The third-order valence-electron chi connectivity index (χ3n) is 3.38. The Kier molecular flexibility index (Phi) is 7.99. The van der Waals surface area contributed by atoms with Crippen molar-refractivity contribution in [1.29, 1.82) is 0 Å². The molecule has 0 amide bonds. The van der Waals surface area contributed by atoms with Gasteiger partial charge in [-0.3, -0.25) is 0 Å². The number of ether oxygens (including phenoxy) is 1. The van der Waals surface area contributed by atoms with Crippen LogP contribution in [0.2, 0.25) is 0 Å². The van der Waals surface area contributed by atoms with Crippen LogP contribution in [-0.2, 0) is 16.2 Å². The molecule has 0 unspecified atom stereocenters. The molecule has 0 aliphatic rings. The predicted molar refractivity (Wildman–Crippen MR) is 109 cm³/mol. The number of rotatable bonds is 8. The van der Waals surface area contributed by atoms with E-state index in [0.29, 0.717) is 25.8 Å². The molecule has 0 aromatic heterocycles. The van der Waals surface area contributed by atoms with Gasteiger partial charge in [-0.05, 0) is 68.6 Å². The summed E-state index contributed by atoms with van der Waals surface area (Å²) in [6.07, 6.45) is 1.66. The van der Waals surface area contributed by atoms with Crippen molar-refractivity contribution in [1.82, 2.24) is 0 Å². The van der Waals surface area contributed by atoms with Crippen LogP contribution in [0.4, 0.5) is 4.39 Å². The molecule has 0 radical (unpaired) electrons. The number of nitrogens with zero attached hydrogens (tertiary/aromatic N) is 1. The molecule has 27 heavy (non-hydrogen) atoms. The molecule has 8 heteroatoms.